The number of aliphatic carboxylic acids is 1. The first kappa shape index (κ1) is 19.4. The third kappa shape index (κ3) is 6.16. The normalized spacial score (nSPS) is 18.3. The maximum Gasteiger partial charge on any atom is 0.326 e. The minimum atomic E-state index is -1.02. The van der Waals surface area contributed by atoms with Crippen LogP contribution < -0.4 is 5.32 Å². The molecule has 0 spiro atoms. The largest absolute Gasteiger partial charge is 0.480 e. The fourth-order valence-electron chi connectivity index (χ4n) is 3.28. The van der Waals surface area contributed by atoms with E-state index in [0.29, 0.717) is 13.0 Å². The summed E-state index contributed by atoms with van der Waals surface area (Å²) in [6.45, 7) is 6.05. The van der Waals surface area contributed by atoms with Crippen molar-refractivity contribution in [3.05, 3.63) is 35.4 Å². The Bertz CT molecular complexity index is 606. The third-order valence-corrected chi connectivity index (χ3v) is 4.50. The number of fused-ring (bicyclic) bond motifs is 1. The van der Waals surface area contributed by atoms with E-state index in [1.807, 2.05) is 32.9 Å². The molecule has 2 atom stereocenters. The summed E-state index contributed by atoms with van der Waals surface area (Å²) in [5.41, 5.74) is 2.21. The molecule has 5 nitrogen and oxygen atoms in total. The lowest BCUT2D eigenvalue weighted by Gasteiger charge is -2.26. The molecule has 0 aliphatic heterocycles. The fraction of sp³-hybridized carbons (Fsp3) is 0.600. The summed E-state index contributed by atoms with van der Waals surface area (Å²) < 4.78 is 5.57. The highest BCUT2D eigenvalue weighted by Gasteiger charge is 2.25. The molecule has 5 heteroatoms. The second kappa shape index (κ2) is 8.48. The molecular formula is C20H29NO4. The number of carboxylic acids is 1. The van der Waals surface area contributed by atoms with Gasteiger partial charge in [0.15, 0.2) is 0 Å². The lowest BCUT2D eigenvalue weighted by Crippen LogP contribution is -2.42. The van der Waals surface area contributed by atoms with Crippen LogP contribution in [0.15, 0.2) is 24.3 Å². The van der Waals surface area contributed by atoms with Crippen LogP contribution >= 0.6 is 0 Å². The number of carboxylic acid groups (broad SMARTS) is 1. The summed E-state index contributed by atoms with van der Waals surface area (Å²) in [4.78, 5) is 23.8. The van der Waals surface area contributed by atoms with Gasteiger partial charge in [0.25, 0.3) is 0 Å². The molecule has 0 saturated heterocycles. The van der Waals surface area contributed by atoms with Crippen molar-refractivity contribution in [2.24, 2.45) is 0 Å². The summed E-state index contributed by atoms with van der Waals surface area (Å²) in [7, 11) is 0. The molecule has 2 rings (SSSR count). The van der Waals surface area contributed by atoms with Crippen LogP contribution in [0.1, 0.15) is 63.5 Å². The van der Waals surface area contributed by atoms with Crippen LogP contribution in [0, 0.1) is 0 Å². The number of benzene rings is 1. The Balaban J connectivity index is 1.90. The van der Waals surface area contributed by atoms with Crippen LogP contribution in [0.2, 0.25) is 0 Å². The van der Waals surface area contributed by atoms with Crippen molar-refractivity contribution in [1.29, 1.82) is 0 Å². The lowest BCUT2D eigenvalue weighted by atomic mass is 9.81. The number of nitrogens with one attached hydrogen (secondary N) is 1. The molecule has 0 aromatic heterocycles. The number of rotatable bonds is 7. The van der Waals surface area contributed by atoms with Crippen molar-refractivity contribution in [1.82, 2.24) is 5.32 Å². The van der Waals surface area contributed by atoms with E-state index in [9.17, 15) is 14.7 Å². The van der Waals surface area contributed by atoms with Gasteiger partial charge < -0.3 is 15.2 Å². The van der Waals surface area contributed by atoms with Gasteiger partial charge in [-0.1, -0.05) is 24.3 Å². The van der Waals surface area contributed by atoms with E-state index in [1.165, 1.54) is 11.1 Å². The van der Waals surface area contributed by atoms with Gasteiger partial charge in [0, 0.05) is 19.4 Å². The third-order valence-electron chi connectivity index (χ3n) is 4.50. The highest BCUT2D eigenvalue weighted by Crippen LogP contribution is 2.33. The standard InChI is InChI=1S/C20H29NO4/c1-20(2,3)25-12-11-17(19(23)24)21-18(22)13-15-9-6-8-14-7-4-5-10-16(14)15/h4-5,7,10,15,17H,6,8-9,11-13H2,1-3H3,(H,21,22)(H,23,24). The quantitative estimate of drug-likeness (QED) is 0.794. The molecule has 2 unspecified atom stereocenters. The van der Waals surface area contributed by atoms with Gasteiger partial charge in [-0.2, -0.15) is 0 Å². The predicted octanol–water partition coefficient (Wildman–Crippen LogP) is 3.27. The Morgan fingerprint density at radius 2 is 2.04 bits per heavy atom. The Hall–Kier alpha value is -1.88. The minimum absolute atomic E-state index is 0.172. The molecule has 1 aromatic rings. The summed E-state index contributed by atoms with van der Waals surface area (Å²) in [5, 5.41) is 12.0. The lowest BCUT2D eigenvalue weighted by molar-refractivity contribution is -0.142. The van der Waals surface area contributed by atoms with Gasteiger partial charge >= 0.3 is 5.97 Å². The Morgan fingerprint density at radius 3 is 2.72 bits per heavy atom. The molecule has 0 heterocycles. The highest BCUT2D eigenvalue weighted by atomic mass is 16.5. The SMILES string of the molecule is CC(C)(C)OCCC(NC(=O)CC1CCCc2ccccc21)C(=O)O. The zero-order valence-corrected chi connectivity index (χ0v) is 15.4. The molecule has 0 saturated carbocycles. The monoisotopic (exact) mass is 347 g/mol. The average molecular weight is 347 g/mol. The van der Waals surface area contributed by atoms with E-state index in [-0.39, 0.29) is 23.8 Å². The van der Waals surface area contributed by atoms with Gasteiger partial charge in [0.2, 0.25) is 5.91 Å². The van der Waals surface area contributed by atoms with Gasteiger partial charge in [0.1, 0.15) is 6.04 Å². The second-order valence-corrected chi connectivity index (χ2v) is 7.70. The van der Waals surface area contributed by atoms with Crippen LogP contribution in [0.4, 0.5) is 0 Å². The maximum absolute atomic E-state index is 12.4. The Morgan fingerprint density at radius 1 is 1.32 bits per heavy atom. The average Bonchev–Trinajstić information content (AvgIpc) is 2.53. The summed E-state index contributed by atoms with van der Waals surface area (Å²) >= 11 is 0. The van der Waals surface area contributed by atoms with E-state index in [1.54, 1.807) is 0 Å². The van der Waals surface area contributed by atoms with Crippen LogP contribution in [0.5, 0.6) is 0 Å². The molecule has 2 N–H and O–H groups in total. The molecule has 138 valence electrons. The van der Waals surface area contributed by atoms with E-state index >= 15 is 0 Å². The molecule has 1 aliphatic rings. The Kier molecular flexibility index (Phi) is 6.59. The van der Waals surface area contributed by atoms with Crippen LogP contribution in [0.3, 0.4) is 0 Å². The van der Waals surface area contributed by atoms with Crippen LogP contribution in [0.25, 0.3) is 0 Å². The first-order chi connectivity index (χ1) is 11.8. The van der Waals surface area contributed by atoms with Gasteiger partial charge in [-0.25, -0.2) is 4.79 Å². The fourth-order valence-corrected chi connectivity index (χ4v) is 3.28. The zero-order chi connectivity index (χ0) is 18.4. The summed E-state index contributed by atoms with van der Waals surface area (Å²) in [6, 6.07) is 7.31. The van der Waals surface area contributed by atoms with Crippen LogP contribution in [-0.4, -0.2) is 35.2 Å². The minimum Gasteiger partial charge on any atom is -0.480 e. The smallest absolute Gasteiger partial charge is 0.326 e. The Labute approximate surface area is 149 Å². The summed E-state index contributed by atoms with van der Waals surface area (Å²) in [5.74, 6) is -1.05. The number of ether oxygens (including phenoxy) is 1. The van der Waals surface area contributed by atoms with Crippen LogP contribution in [-0.2, 0) is 20.7 Å². The number of carbonyl (C=O) groups excluding carboxylic acids is 1. The van der Waals surface area contributed by atoms with Crippen molar-refractivity contribution in [3.8, 4) is 0 Å². The number of aryl methyl sites for hydroxylation is 1. The molecule has 1 aliphatic carbocycles. The van der Waals surface area contributed by atoms with E-state index in [2.05, 4.69) is 17.4 Å². The molecule has 25 heavy (non-hydrogen) atoms. The molecule has 0 radical (unpaired) electrons. The van der Waals surface area contributed by atoms with Gasteiger partial charge in [0.05, 0.1) is 5.60 Å². The number of carbonyl (C=O) groups is 2. The van der Waals surface area contributed by atoms with Gasteiger partial charge in [-0.3, -0.25) is 4.79 Å². The first-order valence-electron chi connectivity index (χ1n) is 9.00. The number of hydrogen-bond donors (Lipinski definition) is 2. The van der Waals surface area contributed by atoms with Gasteiger partial charge in [-0.05, 0) is 57.1 Å². The first-order valence-corrected chi connectivity index (χ1v) is 9.00. The molecular weight excluding hydrogens is 318 g/mol. The van der Waals surface area contributed by atoms with Crippen molar-refractivity contribution >= 4 is 11.9 Å². The molecule has 1 amide bonds. The number of amides is 1. The van der Waals surface area contributed by atoms with Crippen molar-refractivity contribution in [2.75, 3.05) is 6.61 Å². The molecule has 0 bridgehead atoms. The zero-order valence-electron chi connectivity index (χ0n) is 15.4. The van der Waals surface area contributed by atoms with E-state index in [0.717, 1.165) is 19.3 Å². The maximum atomic E-state index is 12.4. The van der Waals surface area contributed by atoms with Crippen molar-refractivity contribution in [2.45, 2.75) is 70.4 Å². The predicted molar refractivity (Wildman–Crippen MR) is 96.6 cm³/mol. The summed E-state index contributed by atoms with van der Waals surface area (Å²) in [6.07, 6.45) is 3.68. The van der Waals surface area contributed by atoms with E-state index < -0.39 is 12.0 Å². The highest BCUT2D eigenvalue weighted by molar-refractivity contribution is 5.84. The number of hydrogen-bond acceptors (Lipinski definition) is 3. The van der Waals surface area contributed by atoms with Gasteiger partial charge in [-0.15, -0.1) is 0 Å². The molecule has 1 aromatic carbocycles. The topological polar surface area (TPSA) is 75.6 Å². The second-order valence-electron chi connectivity index (χ2n) is 7.70. The van der Waals surface area contributed by atoms with E-state index in [4.69, 9.17) is 4.74 Å². The van der Waals surface area contributed by atoms with Crippen molar-refractivity contribution < 1.29 is 19.4 Å². The van der Waals surface area contributed by atoms with Crippen molar-refractivity contribution in [3.63, 3.8) is 0 Å². The molecule has 0 fully saturated rings.